The van der Waals surface area contributed by atoms with Gasteiger partial charge < -0.3 is 24.8 Å². The van der Waals surface area contributed by atoms with Crippen molar-refractivity contribution in [3.63, 3.8) is 0 Å². The molecule has 0 unspecified atom stereocenters. The number of amides is 2. The summed E-state index contributed by atoms with van der Waals surface area (Å²) in [5, 5.41) is 0.464. The quantitative estimate of drug-likeness (QED) is 0.126. The molecule has 3 aromatic carbocycles. The number of nitrogens with zero attached hydrogens (tertiary/aromatic N) is 4. The molecule has 0 spiro atoms. The summed E-state index contributed by atoms with van der Waals surface area (Å²) in [6.45, 7) is 11.1. The van der Waals surface area contributed by atoms with Crippen LogP contribution in [0.15, 0.2) is 60.9 Å². The van der Waals surface area contributed by atoms with E-state index in [2.05, 4.69) is 28.7 Å². The Morgan fingerprint density at radius 2 is 1.60 bits per heavy atom. The van der Waals surface area contributed by atoms with Crippen molar-refractivity contribution in [2.75, 3.05) is 38.3 Å². The zero-order valence-electron chi connectivity index (χ0n) is 27.1. The second kappa shape index (κ2) is 13.9. The summed E-state index contributed by atoms with van der Waals surface area (Å²) in [6.07, 6.45) is 2.14. The summed E-state index contributed by atoms with van der Waals surface area (Å²) in [5.41, 5.74) is 5.11. The lowest BCUT2D eigenvalue weighted by Crippen LogP contribution is -2.43. The van der Waals surface area contributed by atoms with Gasteiger partial charge in [0.15, 0.2) is 23.1 Å². The lowest BCUT2D eigenvalue weighted by atomic mass is 9.98. The van der Waals surface area contributed by atoms with Gasteiger partial charge in [-0.2, -0.15) is 0 Å². The van der Waals surface area contributed by atoms with Crippen LogP contribution in [0, 0.1) is 28.9 Å². The Hall–Kier alpha value is -4.84. The SMILES string of the molecule is CCN(CC)CCCOc1cc2ncnc(Oc3ccc(N(C(=O)C4(C(N)=O)[C@H](C)[C@H]4C)c4ccc(F)cc4)cc3F)c2cc1OC. The van der Waals surface area contributed by atoms with E-state index in [4.69, 9.17) is 19.9 Å². The Bertz CT molecular complexity index is 1760. The van der Waals surface area contributed by atoms with Gasteiger partial charge in [-0.05, 0) is 73.8 Å². The monoisotopic (exact) mass is 647 g/mol. The van der Waals surface area contributed by atoms with Gasteiger partial charge in [0.05, 0.1) is 30.3 Å². The highest BCUT2D eigenvalue weighted by molar-refractivity contribution is 6.17. The molecule has 1 fully saturated rings. The van der Waals surface area contributed by atoms with Crippen molar-refractivity contribution in [3.05, 3.63) is 72.6 Å². The highest BCUT2D eigenvalue weighted by Crippen LogP contribution is 2.60. The number of hydrogen-bond donors (Lipinski definition) is 1. The first-order chi connectivity index (χ1) is 22.6. The maximum atomic E-state index is 15.7. The number of carbonyl (C=O) groups is 2. The van der Waals surface area contributed by atoms with Gasteiger partial charge in [-0.3, -0.25) is 14.5 Å². The first-order valence-corrected chi connectivity index (χ1v) is 15.6. The van der Waals surface area contributed by atoms with Crippen LogP contribution in [0.25, 0.3) is 10.9 Å². The van der Waals surface area contributed by atoms with Gasteiger partial charge in [-0.25, -0.2) is 18.7 Å². The van der Waals surface area contributed by atoms with Crippen LogP contribution < -0.4 is 24.8 Å². The number of ether oxygens (including phenoxy) is 3. The molecular formula is C35H39F2N5O5. The first kappa shape index (κ1) is 33.5. The largest absolute Gasteiger partial charge is 0.493 e. The third-order valence-electron chi connectivity index (χ3n) is 9.16. The number of methoxy groups -OCH3 is 1. The van der Waals surface area contributed by atoms with Crippen LogP contribution >= 0.6 is 0 Å². The van der Waals surface area contributed by atoms with Crippen molar-refractivity contribution in [1.29, 1.82) is 0 Å². The van der Waals surface area contributed by atoms with Crippen molar-refractivity contribution in [2.45, 2.75) is 34.1 Å². The number of anilines is 2. The number of hydrogen-bond acceptors (Lipinski definition) is 8. The maximum absolute atomic E-state index is 15.7. The van der Waals surface area contributed by atoms with E-state index < -0.39 is 28.9 Å². The van der Waals surface area contributed by atoms with E-state index in [1.54, 1.807) is 26.0 Å². The number of halogens is 2. The fourth-order valence-corrected chi connectivity index (χ4v) is 6.10. The van der Waals surface area contributed by atoms with E-state index >= 15 is 4.39 Å². The van der Waals surface area contributed by atoms with Gasteiger partial charge in [0, 0.05) is 24.4 Å². The predicted molar refractivity (Wildman–Crippen MR) is 174 cm³/mol. The number of benzene rings is 3. The van der Waals surface area contributed by atoms with E-state index in [1.165, 1.54) is 54.7 Å². The second-order valence-electron chi connectivity index (χ2n) is 11.6. The summed E-state index contributed by atoms with van der Waals surface area (Å²) in [6, 6.07) is 12.4. The Kier molecular flexibility index (Phi) is 9.90. The molecule has 47 heavy (non-hydrogen) atoms. The number of carbonyl (C=O) groups excluding carboxylic acids is 2. The maximum Gasteiger partial charge on any atom is 0.247 e. The smallest absolute Gasteiger partial charge is 0.247 e. The Balaban J connectivity index is 1.43. The molecule has 1 aliphatic rings. The number of fused-ring (bicyclic) bond motifs is 1. The Labute approximate surface area is 272 Å². The van der Waals surface area contributed by atoms with Crippen LogP contribution in [-0.4, -0.2) is 60.0 Å². The molecule has 5 rings (SSSR count). The zero-order chi connectivity index (χ0) is 33.9. The highest BCUT2D eigenvalue weighted by Gasteiger charge is 2.70. The standard InChI is InChI=1S/C35H39F2N5O5/c1-6-41(7-2)15-8-16-46-31-19-28-26(18-30(31)45-5)32(40-20-39-28)47-29-14-13-25(17-27(29)37)42(24-11-9-23(36)10-12-24)34(44)35(33(38)43)21(3)22(35)4/h9-14,17-22H,6-8,15-16H2,1-5H3,(H2,38,43)/t21-,22-/m1/s1. The van der Waals surface area contributed by atoms with Gasteiger partial charge in [0.2, 0.25) is 17.7 Å². The molecule has 1 aromatic heterocycles. The minimum Gasteiger partial charge on any atom is -0.493 e. The molecule has 12 heteroatoms. The van der Waals surface area contributed by atoms with E-state index in [0.29, 0.717) is 29.0 Å². The van der Waals surface area contributed by atoms with E-state index in [-0.39, 0.29) is 34.8 Å². The third-order valence-corrected chi connectivity index (χ3v) is 9.16. The molecule has 0 aliphatic heterocycles. The zero-order valence-corrected chi connectivity index (χ0v) is 27.1. The summed E-state index contributed by atoms with van der Waals surface area (Å²) in [7, 11) is 1.52. The van der Waals surface area contributed by atoms with Crippen LogP contribution in [0.2, 0.25) is 0 Å². The van der Waals surface area contributed by atoms with Gasteiger partial charge in [-0.15, -0.1) is 0 Å². The molecule has 0 radical (unpaired) electrons. The van der Waals surface area contributed by atoms with Crippen LogP contribution in [-0.2, 0) is 9.59 Å². The molecule has 1 heterocycles. The lowest BCUT2D eigenvalue weighted by molar-refractivity contribution is -0.134. The van der Waals surface area contributed by atoms with Crippen molar-refractivity contribution >= 4 is 34.1 Å². The molecule has 0 saturated heterocycles. The number of primary amides is 1. The summed E-state index contributed by atoms with van der Waals surface area (Å²) in [5.74, 6) is -2.51. The molecule has 2 atom stereocenters. The van der Waals surface area contributed by atoms with Crippen LogP contribution in [0.1, 0.15) is 34.1 Å². The lowest BCUT2D eigenvalue weighted by Gasteiger charge is -2.27. The van der Waals surface area contributed by atoms with Crippen molar-refractivity contribution in [3.8, 4) is 23.1 Å². The van der Waals surface area contributed by atoms with Gasteiger partial charge in [-0.1, -0.05) is 27.7 Å². The van der Waals surface area contributed by atoms with Gasteiger partial charge in [0.1, 0.15) is 17.6 Å². The van der Waals surface area contributed by atoms with Crippen LogP contribution in [0.3, 0.4) is 0 Å². The van der Waals surface area contributed by atoms with Crippen LogP contribution in [0.5, 0.6) is 23.1 Å². The summed E-state index contributed by atoms with van der Waals surface area (Å²) >= 11 is 0. The number of nitrogens with two attached hydrogens (primary N) is 1. The molecule has 10 nitrogen and oxygen atoms in total. The molecule has 0 bridgehead atoms. The summed E-state index contributed by atoms with van der Waals surface area (Å²) < 4.78 is 47.0. The molecule has 4 aromatic rings. The second-order valence-corrected chi connectivity index (χ2v) is 11.6. The third kappa shape index (κ3) is 6.42. The highest BCUT2D eigenvalue weighted by atomic mass is 19.1. The molecule has 2 amide bonds. The molecule has 248 valence electrons. The minimum absolute atomic E-state index is 0.0767. The van der Waals surface area contributed by atoms with Crippen molar-refractivity contribution in [2.24, 2.45) is 23.0 Å². The molecule has 2 N–H and O–H groups in total. The fraction of sp³-hybridized carbons (Fsp3) is 0.371. The predicted octanol–water partition coefficient (Wildman–Crippen LogP) is 6.24. The topological polar surface area (TPSA) is 120 Å². The average molecular weight is 648 g/mol. The van der Waals surface area contributed by atoms with E-state index in [0.717, 1.165) is 32.1 Å². The molecule has 1 aliphatic carbocycles. The minimum atomic E-state index is -1.48. The van der Waals surface area contributed by atoms with Gasteiger partial charge in [0.25, 0.3) is 0 Å². The van der Waals surface area contributed by atoms with Crippen molar-refractivity contribution in [1.82, 2.24) is 14.9 Å². The molecule has 1 saturated carbocycles. The normalized spacial score (nSPS) is 18.6. The Morgan fingerprint density at radius 1 is 0.915 bits per heavy atom. The number of rotatable bonds is 14. The Morgan fingerprint density at radius 3 is 2.19 bits per heavy atom. The molecular weight excluding hydrogens is 608 g/mol. The van der Waals surface area contributed by atoms with E-state index in [9.17, 15) is 14.0 Å². The van der Waals surface area contributed by atoms with Gasteiger partial charge >= 0.3 is 0 Å². The van der Waals surface area contributed by atoms with E-state index in [1.807, 2.05) is 0 Å². The summed E-state index contributed by atoms with van der Waals surface area (Å²) in [4.78, 5) is 38.6. The fourth-order valence-electron chi connectivity index (χ4n) is 6.10. The number of aromatic nitrogens is 2. The average Bonchev–Trinajstić information content (AvgIpc) is 3.63. The van der Waals surface area contributed by atoms with Crippen LogP contribution in [0.4, 0.5) is 20.2 Å². The first-order valence-electron chi connectivity index (χ1n) is 15.6. The van der Waals surface area contributed by atoms with Crippen molar-refractivity contribution < 1.29 is 32.6 Å².